The second-order valence-corrected chi connectivity index (χ2v) is 5.40. The molecule has 0 bridgehead atoms. The van der Waals surface area contributed by atoms with Crippen molar-refractivity contribution in [1.82, 2.24) is 4.98 Å². The summed E-state index contributed by atoms with van der Waals surface area (Å²) in [5.41, 5.74) is 0.589. The maximum Gasteiger partial charge on any atom is 0.142 e. The lowest BCUT2D eigenvalue weighted by molar-refractivity contribution is 0.280. The highest BCUT2D eigenvalue weighted by molar-refractivity contribution is 5.48. The molecule has 0 amide bonds. The number of hydrogen-bond donors (Lipinski definition) is 1. The van der Waals surface area contributed by atoms with Crippen molar-refractivity contribution in [3.63, 3.8) is 0 Å². The smallest absolute Gasteiger partial charge is 0.142 e. The number of halogens is 1. The normalized spacial score (nSPS) is 15.2. The molecule has 3 nitrogen and oxygen atoms in total. The Labute approximate surface area is 108 Å². The fraction of sp³-hybridized carbons (Fsp3) is 0.643. The Hall–Kier alpha value is -1.16. The topological polar surface area (TPSA) is 36.4 Å². The Morgan fingerprint density at radius 1 is 1.50 bits per heavy atom. The summed E-state index contributed by atoms with van der Waals surface area (Å²) in [7, 11) is 0. The molecular formula is C14H21FN2O. The number of nitrogens with zero attached hydrogens (tertiary/aromatic N) is 2. The molecule has 18 heavy (non-hydrogen) atoms. The fourth-order valence-corrected chi connectivity index (χ4v) is 2.09. The van der Waals surface area contributed by atoms with Crippen molar-refractivity contribution in [2.24, 2.45) is 5.92 Å². The summed E-state index contributed by atoms with van der Waals surface area (Å²) < 4.78 is 13.1. The van der Waals surface area contributed by atoms with Crippen LogP contribution >= 0.6 is 0 Å². The summed E-state index contributed by atoms with van der Waals surface area (Å²) in [4.78, 5) is 6.41. The molecule has 0 aliphatic heterocycles. The van der Waals surface area contributed by atoms with Gasteiger partial charge in [-0.2, -0.15) is 0 Å². The van der Waals surface area contributed by atoms with Crippen molar-refractivity contribution in [2.45, 2.75) is 45.8 Å². The van der Waals surface area contributed by atoms with Crippen LogP contribution in [0.1, 0.15) is 38.7 Å². The zero-order valence-corrected chi connectivity index (χ0v) is 11.1. The lowest BCUT2D eigenvalue weighted by atomic mass is 10.1. The Balaban J connectivity index is 2.19. The van der Waals surface area contributed by atoms with E-state index >= 15 is 0 Å². The van der Waals surface area contributed by atoms with Gasteiger partial charge in [0.05, 0.1) is 12.8 Å². The van der Waals surface area contributed by atoms with Crippen LogP contribution in [0, 0.1) is 11.7 Å². The van der Waals surface area contributed by atoms with E-state index in [4.69, 9.17) is 0 Å². The lowest BCUT2D eigenvalue weighted by Crippen LogP contribution is -2.29. The largest absolute Gasteiger partial charge is 0.392 e. The quantitative estimate of drug-likeness (QED) is 0.845. The molecular weight excluding hydrogens is 231 g/mol. The maximum absolute atomic E-state index is 13.1. The predicted octanol–water partition coefficient (Wildman–Crippen LogP) is 2.73. The Morgan fingerprint density at radius 3 is 2.78 bits per heavy atom. The van der Waals surface area contributed by atoms with Crippen molar-refractivity contribution in [2.75, 3.05) is 11.4 Å². The first-order chi connectivity index (χ1) is 8.61. The van der Waals surface area contributed by atoms with Crippen LogP contribution < -0.4 is 4.90 Å². The second-order valence-electron chi connectivity index (χ2n) is 5.40. The van der Waals surface area contributed by atoms with Crippen molar-refractivity contribution in [3.05, 3.63) is 23.6 Å². The van der Waals surface area contributed by atoms with Crippen molar-refractivity contribution >= 4 is 5.82 Å². The van der Waals surface area contributed by atoms with E-state index in [1.165, 1.54) is 25.1 Å². The minimum absolute atomic E-state index is 0.162. The van der Waals surface area contributed by atoms with E-state index in [2.05, 4.69) is 23.7 Å². The molecule has 0 saturated heterocycles. The molecule has 0 aromatic carbocycles. The molecule has 1 aromatic heterocycles. The number of rotatable bonds is 6. The molecule has 1 saturated carbocycles. The van der Waals surface area contributed by atoms with Gasteiger partial charge in [0, 0.05) is 18.2 Å². The van der Waals surface area contributed by atoms with Gasteiger partial charge in [0.1, 0.15) is 11.6 Å². The van der Waals surface area contributed by atoms with Gasteiger partial charge in [0.2, 0.25) is 0 Å². The summed E-state index contributed by atoms with van der Waals surface area (Å²) in [5.74, 6) is 0.994. The number of aromatic nitrogens is 1. The molecule has 4 heteroatoms. The van der Waals surface area contributed by atoms with Crippen LogP contribution in [0.4, 0.5) is 10.2 Å². The average Bonchev–Trinajstić information content (AvgIpc) is 3.15. The zero-order chi connectivity index (χ0) is 13.1. The molecule has 0 atom stereocenters. The van der Waals surface area contributed by atoms with Crippen LogP contribution in [0.2, 0.25) is 0 Å². The van der Waals surface area contributed by atoms with Gasteiger partial charge in [0.15, 0.2) is 0 Å². The number of anilines is 1. The van der Waals surface area contributed by atoms with E-state index in [1.54, 1.807) is 0 Å². The van der Waals surface area contributed by atoms with E-state index in [9.17, 15) is 9.50 Å². The van der Waals surface area contributed by atoms with E-state index < -0.39 is 0 Å². The lowest BCUT2D eigenvalue weighted by Gasteiger charge is -2.26. The fourth-order valence-electron chi connectivity index (χ4n) is 2.09. The van der Waals surface area contributed by atoms with Crippen LogP contribution in [0.5, 0.6) is 0 Å². The van der Waals surface area contributed by atoms with E-state index in [1.807, 2.05) is 0 Å². The molecule has 0 radical (unpaired) electrons. The highest BCUT2D eigenvalue weighted by atomic mass is 19.1. The first kappa shape index (κ1) is 13.3. The molecule has 1 aromatic rings. The first-order valence-electron chi connectivity index (χ1n) is 6.63. The summed E-state index contributed by atoms with van der Waals surface area (Å²) in [5, 5.41) is 9.34. The van der Waals surface area contributed by atoms with Crippen molar-refractivity contribution in [3.8, 4) is 0 Å². The minimum Gasteiger partial charge on any atom is -0.392 e. The summed E-state index contributed by atoms with van der Waals surface area (Å²) in [6.45, 7) is 5.14. The minimum atomic E-state index is -0.387. The molecule has 1 N–H and O–H groups in total. The predicted molar refractivity (Wildman–Crippen MR) is 69.9 cm³/mol. The highest BCUT2D eigenvalue weighted by Crippen LogP contribution is 2.33. The van der Waals surface area contributed by atoms with Crippen LogP contribution in [-0.2, 0) is 6.61 Å². The van der Waals surface area contributed by atoms with Gasteiger partial charge >= 0.3 is 0 Å². The number of aliphatic hydroxyl groups is 1. The molecule has 1 heterocycles. The van der Waals surface area contributed by atoms with Gasteiger partial charge in [-0.3, -0.25) is 0 Å². The van der Waals surface area contributed by atoms with Gasteiger partial charge in [-0.15, -0.1) is 0 Å². The zero-order valence-electron chi connectivity index (χ0n) is 11.1. The van der Waals surface area contributed by atoms with Crippen LogP contribution in [0.3, 0.4) is 0 Å². The molecule has 2 rings (SSSR count). The highest BCUT2D eigenvalue weighted by Gasteiger charge is 2.31. The van der Waals surface area contributed by atoms with Gasteiger partial charge in [-0.05, 0) is 31.2 Å². The van der Waals surface area contributed by atoms with E-state index in [0.29, 0.717) is 17.5 Å². The Bertz CT molecular complexity index is 405. The van der Waals surface area contributed by atoms with Crippen molar-refractivity contribution in [1.29, 1.82) is 0 Å². The van der Waals surface area contributed by atoms with Crippen LogP contribution in [0.15, 0.2) is 12.3 Å². The summed E-state index contributed by atoms with van der Waals surface area (Å²) >= 11 is 0. The molecule has 1 aliphatic carbocycles. The average molecular weight is 252 g/mol. The van der Waals surface area contributed by atoms with Gasteiger partial charge < -0.3 is 10.0 Å². The van der Waals surface area contributed by atoms with Crippen LogP contribution in [-0.4, -0.2) is 22.7 Å². The third-order valence-corrected chi connectivity index (χ3v) is 3.29. The van der Waals surface area contributed by atoms with E-state index in [-0.39, 0.29) is 12.4 Å². The van der Waals surface area contributed by atoms with Gasteiger partial charge in [-0.1, -0.05) is 13.8 Å². The second kappa shape index (κ2) is 5.65. The van der Waals surface area contributed by atoms with Crippen molar-refractivity contribution < 1.29 is 9.50 Å². The SMILES string of the molecule is CC(C)CCN(c1ncc(F)cc1CO)C1CC1. The van der Waals surface area contributed by atoms with Gasteiger partial charge in [-0.25, -0.2) is 9.37 Å². The molecule has 1 aliphatic rings. The summed E-state index contributed by atoms with van der Waals surface area (Å²) in [6, 6.07) is 1.90. The van der Waals surface area contributed by atoms with Gasteiger partial charge in [0.25, 0.3) is 0 Å². The molecule has 100 valence electrons. The number of pyridine rings is 1. The van der Waals surface area contributed by atoms with Crippen LogP contribution in [0.25, 0.3) is 0 Å². The molecule has 0 unspecified atom stereocenters. The summed E-state index contributed by atoms with van der Waals surface area (Å²) in [6.07, 6.45) is 4.66. The number of hydrogen-bond acceptors (Lipinski definition) is 3. The number of aliphatic hydroxyl groups excluding tert-OH is 1. The third-order valence-electron chi connectivity index (χ3n) is 3.29. The molecule has 0 spiro atoms. The Morgan fingerprint density at radius 2 is 2.22 bits per heavy atom. The maximum atomic E-state index is 13.1. The first-order valence-corrected chi connectivity index (χ1v) is 6.63. The monoisotopic (exact) mass is 252 g/mol. The Kier molecular flexibility index (Phi) is 4.17. The molecule has 1 fully saturated rings. The third kappa shape index (κ3) is 3.19. The van der Waals surface area contributed by atoms with E-state index in [0.717, 1.165) is 18.8 Å². The standard InChI is InChI=1S/C14H21FN2O/c1-10(2)5-6-17(13-3-4-13)14-11(9-18)7-12(15)8-16-14/h7-8,10,13,18H,3-6,9H2,1-2H3.